The molecule has 0 bridgehead atoms. The van der Waals surface area contributed by atoms with Crippen molar-refractivity contribution in [3.63, 3.8) is 0 Å². The zero-order chi connectivity index (χ0) is 10.8. The number of nitrogens with zero attached hydrogens (tertiary/aromatic N) is 3. The van der Waals surface area contributed by atoms with Gasteiger partial charge in [-0.05, 0) is 29.8 Å². The topological polar surface area (TPSA) is 30.7 Å². The van der Waals surface area contributed by atoms with E-state index in [0.29, 0.717) is 6.04 Å². The van der Waals surface area contributed by atoms with Crippen LogP contribution in [-0.4, -0.2) is 14.8 Å². The summed E-state index contributed by atoms with van der Waals surface area (Å²) in [6.45, 7) is 4.16. The first-order valence-corrected chi connectivity index (χ1v) is 5.65. The van der Waals surface area contributed by atoms with E-state index in [1.54, 1.807) is 0 Å². The van der Waals surface area contributed by atoms with Gasteiger partial charge in [0.2, 0.25) is 0 Å². The highest BCUT2D eigenvalue weighted by molar-refractivity contribution is 9.10. The van der Waals surface area contributed by atoms with Gasteiger partial charge in [0.25, 0.3) is 0 Å². The Balaban J connectivity index is 2.43. The minimum absolute atomic E-state index is 0.310. The number of hydrogen-bond acceptors (Lipinski definition) is 2. The normalized spacial score (nSPS) is 10.9. The molecule has 1 heterocycles. The molecule has 0 N–H and O–H groups in total. The summed E-state index contributed by atoms with van der Waals surface area (Å²) in [4.78, 5) is 4.37. The van der Waals surface area contributed by atoms with E-state index in [1.807, 2.05) is 35.0 Å². The van der Waals surface area contributed by atoms with E-state index in [2.05, 4.69) is 39.9 Å². The van der Waals surface area contributed by atoms with Crippen LogP contribution >= 0.6 is 15.9 Å². The summed E-state index contributed by atoms with van der Waals surface area (Å²) >= 11 is 3.40. The number of benzene rings is 1. The average Bonchev–Trinajstić information content (AvgIpc) is 2.62. The van der Waals surface area contributed by atoms with Crippen LogP contribution in [0.4, 0.5) is 0 Å². The third-order valence-electron chi connectivity index (χ3n) is 2.11. The maximum atomic E-state index is 4.44. The Bertz CT molecular complexity index is 448. The van der Waals surface area contributed by atoms with Gasteiger partial charge in [-0.1, -0.05) is 30.3 Å². The fourth-order valence-electron chi connectivity index (χ4n) is 1.34. The highest BCUT2D eigenvalue weighted by atomic mass is 79.9. The molecule has 1 aromatic carbocycles. The van der Waals surface area contributed by atoms with Crippen molar-refractivity contribution in [2.45, 2.75) is 19.9 Å². The van der Waals surface area contributed by atoms with E-state index in [0.717, 1.165) is 16.1 Å². The maximum absolute atomic E-state index is 4.44. The molecule has 0 spiro atoms. The fraction of sp³-hybridized carbons (Fsp3) is 0.273. The third-order valence-corrected chi connectivity index (χ3v) is 2.65. The molecular formula is C11H12BrN3. The molecule has 0 unspecified atom stereocenters. The Kier molecular flexibility index (Phi) is 2.86. The highest BCUT2D eigenvalue weighted by Gasteiger charge is 2.10. The molecule has 0 aliphatic rings. The van der Waals surface area contributed by atoms with Crippen molar-refractivity contribution < 1.29 is 0 Å². The predicted molar refractivity (Wildman–Crippen MR) is 63.5 cm³/mol. The van der Waals surface area contributed by atoms with Gasteiger partial charge in [0.05, 0.1) is 0 Å². The van der Waals surface area contributed by atoms with Crippen molar-refractivity contribution in [3.8, 4) is 11.4 Å². The molecule has 0 aliphatic carbocycles. The summed E-state index contributed by atoms with van der Waals surface area (Å²) in [5.74, 6) is 0.760. The van der Waals surface area contributed by atoms with Crippen LogP contribution in [0.2, 0.25) is 0 Å². The summed E-state index contributed by atoms with van der Waals surface area (Å²) in [6.07, 6.45) is 0. The first-order chi connectivity index (χ1) is 7.18. The molecule has 0 radical (unpaired) electrons. The monoisotopic (exact) mass is 265 g/mol. The maximum Gasteiger partial charge on any atom is 0.195 e. The summed E-state index contributed by atoms with van der Waals surface area (Å²) in [5.41, 5.74) is 1.04. The molecule has 78 valence electrons. The molecule has 0 amide bonds. The first-order valence-electron chi connectivity index (χ1n) is 4.86. The van der Waals surface area contributed by atoms with E-state index >= 15 is 0 Å². The smallest absolute Gasteiger partial charge is 0.195 e. The van der Waals surface area contributed by atoms with Crippen molar-refractivity contribution in [1.29, 1.82) is 0 Å². The summed E-state index contributed by atoms with van der Waals surface area (Å²) in [6, 6.07) is 10.3. The Morgan fingerprint density at radius 1 is 1.20 bits per heavy atom. The molecule has 15 heavy (non-hydrogen) atoms. The predicted octanol–water partition coefficient (Wildman–Crippen LogP) is 3.29. The Morgan fingerprint density at radius 3 is 2.40 bits per heavy atom. The SMILES string of the molecule is CC(C)n1nc(-c2ccccc2)nc1Br. The summed E-state index contributed by atoms with van der Waals surface area (Å²) in [7, 11) is 0. The van der Waals surface area contributed by atoms with Crippen LogP contribution in [-0.2, 0) is 0 Å². The number of aromatic nitrogens is 3. The quantitative estimate of drug-likeness (QED) is 0.835. The minimum atomic E-state index is 0.310. The molecule has 0 atom stereocenters. The Morgan fingerprint density at radius 2 is 1.87 bits per heavy atom. The lowest BCUT2D eigenvalue weighted by molar-refractivity contribution is 0.520. The van der Waals surface area contributed by atoms with Crippen LogP contribution in [0.25, 0.3) is 11.4 Å². The van der Waals surface area contributed by atoms with Crippen molar-refractivity contribution in [1.82, 2.24) is 14.8 Å². The second-order valence-electron chi connectivity index (χ2n) is 3.61. The minimum Gasteiger partial charge on any atom is -0.237 e. The van der Waals surface area contributed by atoms with Gasteiger partial charge in [0, 0.05) is 11.6 Å². The molecule has 0 fully saturated rings. The van der Waals surface area contributed by atoms with Gasteiger partial charge >= 0.3 is 0 Å². The van der Waals surface area contributed by atoms with Gasteiger partial charge in [-0.2, -0.15) is 0 Å². The molecule has 0 saturated carbocycles. The third kappa shape index (κ3) is 2.09. The van der Waals surface area contributed by atoms with Gasteiger partial charge in [-0.25, -0.2) is 9.67 Å². The zero-order valence-electron chi connectivity index (χ0n) is 8.68. The molecule has 0 saturated heterocycles. The van der Waals surface area contributed by atoms with Crippen LogP contribution in [0.5, 0.6) is 0 Å². The largest absolute Gasteiger partial charge is 0.237 e. The lowest BCUT2D eigenvalue weighted by Gasteiger charge is -2.03. The Hall–Kier alpha value is -1.16. The molecule has 2 rings (SSSR count). The van der Waals surface area contributed by atoms with Crippen molar-refractivity contribution in [3.05, 3.63) is 35.1 Å². The fourth-order valence-corrected chi connectivity index (χ4v) is 2.00. The summed E-state index contributed by atoms with van der Waals surface area (Å²) < 4.78 is 2.64. The van der Waals surface area contributed by atoms with Gasteiger partial charge in [0.15, 0.2) is 10.6 Å². The van der Waals surface area contributed by atoms with Crippen molar-refractivity contribution in [2.24, 2.45) is 0 Å². The lowest BCUT2D eigenvalue weighted by atomic mass is 10.2. The summed E-state index contributed by atoms with van der Waals surface area (Å²) in [5, 5.41) is 4.44. The standard InChI is InChI=1S/C11H12BrN3/c1-8(2)15-11(12)13-10(14-15)9-6-4-3-5-7-9/h3-8H,1-2H3. The van der Waals surface area contributed by atoms with E-state index in [1.165, 1.54) is 0 Å². The average molecular weight is 266 g/mol. The van der Waals surface area contributed by atoms with Crippen LogP contribution in [0.1, 0.15) is 19.9 Å². The second kappa shape index (κ2) is 4.14. The van der Waals surface area contributed by atoms with Crippen molar-refractivity contribution in [2.75, 3.05) is 0 Å². The molecule has 4 heteroatoms. The van der Waals surface area contributed by atoms with E-state index in [-0.39, 0.29) is 0 Å². The number of halogens is 1. The van der Waals surface area contributed by atoms with Gasteiger partial charge < -0.3 is 0 Å². The van der Waals surface area contributed by atoms with Crippen LogP contribution in [0.15, 0.2) is 35.1 Å². The van der Waals surface area contributed by atoms with Crippen molar-refractivity contribution >= 4 is 15.9 Å². The van der Waals surface area contributed by atoms with Crippen LogP contribution in [0.3, 0.4) is 0 Å². The molecular weight excluding hydrogens is 254 g/mol. The van der Waals surface area contributed by atoms with E-state index in [9.17, 15) is 0 Å². The Labute approximate surface area is 97.3 Å². The first kappa shape index (κ1) is 10.4. The lowest BCUT2D eigenvalue weighted by Crippen LogP contribution is -2.02. The van der Waals surface area contributed by atoms with Gasteiger partial charge in [-0.3, -0.25) is 0 Å². The second-order valence-corrected chi connectivity index (χ2v) is 4.32. The molecule has 0 aliphatic heterocycles. The molecule has 2 aromatic rings. The van der Waals surface area contributed by atoms with E-state index < -0.39 is 0 Å². The number of hydrogen-bond donors (Lipinski definition) is 0. The van der Waals surface area contributed by atoms with Gasteiger partial charge in [-0.15, -0.1) is 5.10 Å². The highest BCUT2D eigenvalue weighted by Crippen LogP contribution is 2.20. The van der Waals surface area contributed by atoms with Crippen LogP contribution in [0, 0.1) is 0 Å². The van der Waals surface area contributed by atoms with Gasteiger partial charge in [0.1, 0.15) is 0 Å². The van der Waals surface area contributed by atoms with E-state index in [4.69, 9.17) is 0 Å². The zero-order valence-corrected chi connectivity index (χ0v) is 10.3. The molecule has 1 aromatic heterocycles. The number of rotatable bonds is 2. The molecule has 3 nitrogen and oxygen atoms in total. The van der Waals surface area contributed by atoms with Crippen LogP contribution < -0.4 is 0 Å².